The summed E-state index contributed by atoms with van der Waals surface area (Å²) in [6.45, 7) is 0.492. The smallest absolute Gasteiger partial charge is 0.328 e. The van der Waals surface area contributed by atoms with Gasteiger partial charge in [-0.3, -0.25) is 4.79 Å². The summed E-state index contributed by atoms with van der Waals surface area (Å²) < 4.78 is 4.64. The molecule has 1 unspecified atom stereocenters. The molecule has 7 heteroatoms. The zero-order valence-corrected chi connectivity index (χ0v) is 9.36. The van der Waals surface area contributed by atoms with E-state index in [1.54, 1.807) is 0 Å². The second kappa shape index (κ2) is 4.44. The fourth-order valence-corrected chi connectivity index (χ4v) is 1.99. The molecule has 7 nitrogen and oxygen atoms in total. The van der Waals surface area contributed by atoms with Crippen LogP contribution in [0.3, 0.4) is 0 Å². The van der Waals surface area contributed by atoms with E-state index in [0.717, 1.165) is 6.42 Å². The van der Waals surface area contributed by atoms with Gasteiger partial charge in [0.1, 0.15) is 11.7 Å². The van der Waals surface area contributed by atoms with E-state index >= 15 is 0 Å². The summed E-state index contributed by atoms with van der Waals surface area (Å²) in [6, 6.07) is -0.550. The van der Waals surface area contributed by atoms with Crippen LogP contribution in [0.5, 0.6) is 0 Å². The second-order valence-electron chi connectivity index (χ2n) is 3.84. The summed E-state index contributed by atoms with van der Waals surface area (Å²) in [4.78, 5) is 40.5. The van der Waals surface area contributed by atoms with Gasteiger partial charge in [-0.1, -0.05) is 0 Å². The molecular weight excluding hydrogens is 226 g/mol. The van der Waals surface area contributed by atoms with E-state index in [-0.39, 0.29) is 11.6 Å². The predicted octanol–water partition coefficient (Wildman–Crippen LogP) is -0.519. The van der Waals surface area contributed by atoms with Gasteiger partial charge in [-0.2, -0.15) is 0 Å². The van der Waals surface area contributed by atoms with E-state index in [4.69, 9.17) is 0 Å². The largest absolute Gasteiger partial charge is 0.467 e. The molecule has 1 aromatic rings. The lowest BCUT2D eigenvalue weighted by molar-refractivity contribution is -0.145. The van der Waals surface area contributed by atoms with Gasteiger partial charge in [0.15, 0.2) is 0 Å². The van der Waals surface area contributed by atoms with Gasteiger partial charge >= 0.3 is 11.7 Å². The highest BCUT2D eigenvalue weighted by atomic mass is 16.5. The fraction of sp³-hybridized carbons (Fsp3) is 0.500. The van der Waals surface area contributed by atoms with Crippen LogP contribution in [0, 0.1) is 0 Å². The molecule has 92 valence electrons. The minimum atomic E-state index is -0.550. The normalized spacial score (nSPS) is 19.4. The number of nitrogens with zero attached hydrogens (tertiary/aromatic N) is 1. The number of carbonyl (C=O) groups excluding carboxylic acids is 2. The first kappa shape index (κ1) is 11.4. The lowest BCUT2D eigenvalue weighted by atomic mass is 10.2. The van der Waals surface area contributed by atoms with E-state index in [9.17, 15) is 14.4 Å². The number of methoxy groups -OCH3 is 1. The Morgan fingerprint density at radius 2 is 2.29 bits per heavy atom. The molecule has 2 heterocycles. The molecular formula is C10H13N3O4. The maximum Gasteiger partial charge on any atom is 0.328 e. The predicted molar refractivity (Wildman–Crippen MR) is 57.5 cm³/mol. The number of hydrogen-bond acceptors (Lipinski definition) is 4. The van der Waals surface area contributed by atoms with Crippen molar-refractivity contribution in [2.75, 3.05) is 13.7 Å². The molecule has 1 atom stereocenters. The number of imidazole rings is 1. The van der Waals surface area contributed by atoms with Crippen molar-refractivity contribution in [1.29, 1.82) is 0 Å². The van der Waals surface area contributed by atoms with Crippen LogP contribution in [0.4, 0.5) is 0 Å². The Labute approximate surface area is 96.8 Å². The maximum atomic E-state index is 12.0. The van der Waals surface area contributed by atoms with E-state index in [1.165, 1.54) is 18.2 Å². The number of aromatic amines is 2. The Morgan fingerprint density at radius 3 is 2.88 bits per heavy atom. The molecule has 0 radical (unpaired) electrons. The molecule has 2 N–H and O–H groups in total. The molecule has 0 aliphatic carbocycles. The molecule has 1 amide bonds. The molecule has 0 spiro atoms. The molecule has 17 heavy (non-hydrogen) atoms. The summed E-state index contributed by atoms with van der Waals surface area (Å²) in [6.07, 6.45) is 2.64. The highest BCUT2D eigenvalue weighted by Crippen LogP contribution is 2.20. The van der Waals surface area contributed by atoms with Crippen molar-refractivity contribution in [3.63, 3.8) is 0 Å². The van der Waals surface area contributed by atoms with Gasteiger partial charge in [-0.15, -0.1) is 0 Å². The van der Waals surface area contributed by atoms with Gasteiger partial charge in [0.2, 0.25) is 0 Å². The van der Waals surface area contributed by atoms with E-state index in [2.05, 4.69) is 14.7 Å². The van der Waals surface area contributed by atoms with Gasteiger partial charge in [0, 0.05) is 12.7 Å². The molecule has 1 aromatic heterocycles. The van der Waals surface area contributed by atoms with Crippen LogP contribution in [0.1, 0.15) is 23.3 Å². The number of nitrogens with one attached hydrogen (secondary N) is 2. The number of amides is 1. The third-order valence-electron chi connectivity index (χ3n) is 2.81. The number of H-pyrrole nitrogens is 2. The van der Waals surface area contributed by atoms with Crippen molar-refractivity contribution in [2.24, 2.45) is 0 Å². The molecule has 1 fully saturated rings. The first-order valence-electron chi connectivity index (χ1n) is 5.30. The van der Waals surface area contributed by atoms with Gasteiger partial charge in [0.05, 0.1) is 7.11 Å². The monoisotopic (exact) mass is 239 g/mol. The van der Waals surface area contributed by atoms with Crippen molar-refractivity contribution in [2.45, 2.75) is 18.9 Å². The Hall–Kier alpha value is -2.05. The van der Waals surface area contributed by atoms with Gasteiger partial charge in [-0.05, 0) is 12.8 Å². The van der Waals surface area contributed by atoms with Crippen molar-refractivity contribution in [3.8, 4) is 0 Å². The highest BCUT2D eigenvalue weighted by Gasteiger charge is 2.35. The first-order chi connectivity index (χ1) is 8.13. The Morgan fingerprint density at radius 1 is 1.53 bits per heavy atom. The molecule has 0 saturated carbocycles. The fourth-order valence-electron chi connectivity index (χ4n) is 1.99. The number of esters is 1. The van der Waals surface area contributed by atoms with Gasteiger partial charge < -0.3 is 19.6 Å². The van der Waals surface area contributed by atoms with E-state index < -0.39 is 17.7 Å². The lowest BCUT2D eigenvalue weighted by Gasteiger charge is -2.21. The molecule has 1 saturated heterocycles. The number of aromatic nitrogens is 2. The Bertz CT molecular complexity index is 490. The zero-order chi connectivity index (χ0) is 12.4. The van der Waals surface area contributed by atoms with Crippen LogP contribution >= 0.6 is 0 Å². The standard InChI is InChI=1S/C10H13N3O4/c1-17-9(15)7-3-2-4-13(7)8(14)6-5-11-10(16)12-6/h5,7H,2-4H2,1H3,(H2,11,12,16). The quantitative estimate of drug-likeness (QED) is 0.679. The summed E-state index contributed by atoms with van der Waals surface area (Å²) in [5, 5.41) is 0. The molecule has 0 bridgehead atoms. The van der Waals surface area contributed by atoms with E-state index in [0.29, 0.717) is 13.0 Å². The number of ether oxygens (including phenoxy) is 1. The van der Waals surface area contributed by atoms with Crippen LogP contribution in [0.15, 0.2) is 11.0 Å². The van der Waals surface area contributed by atoms with Crippen LogP contribution in [-0.4, -0.2) is 46.4 Å². The minimum absolute atomic E-state index is 0.158. The zero-order valence-electron chi connectivity index (χ0n) is 9.36. The molecule has 0 aromatic carbocycles. The lowest BCUT2D eigenvalue weighted by Crippen LogP contribution is -2.41. The summed E-state index contributed by atoms with van der Waals surface area (Å²) in [5.74, 6) is -0.787. The number of rotatable bonds is 2. The van der Waals surface area contributed by atoms with Crippen LogP contribution in [0.25, 0.3) is 0 Å². The third-order valence-corrected chi connectivity index (χ3v) is 2.81. The second-order valence-corrected chi connectivity index (χ2v) is 3.84. The van der Waals surface area contributed by atoms with Crippen molar-refractivity contribution in [3.05, 3.63) is 22.4 Å². The highest BCUT2D eigenvalue weighted by molar-refractivity contribution is 5.95. The molecule has 1 aliphatic rings. The van der Waals surface area contributed by atoms with Crippen LogP contribution in [0.2, 0.25) is 0 Å². The van der Waals surface area contributed by atoms with Crippen molar-refractivity contribution < 1.29 is 14.3 Å². The SMILES string of the molecule is COC(=O)C1CCCN1C(=O)c1c[nH]c(=O)[nH]1. The van der Waals surface area contributed by atoms with Crippen molar-refractivity contribution in [1.82, 2.24) is 14.9 Å². The van der Waals surface area contributed by atoms with Gasteiger partial charge in [-0.25, -0.2) is 9.59 Å². The first-order valence-corrected chi connectivity index (χ1v) is 5.30. The van der Waals surface area contributed by atoms with E-state index in [1.807, 2.05) is 0 Å². The summed E-state index contributed by atoms with van der Waals surface area (Å²) >= 11 is 0. The number of hydrogen-bond donors (Lipinski definition) is 2. The maximum absolute atomic E-state index is 12.0. The summed E-state index contributed by atoms with van der Waals surface area (Å²) in [5.41, 5.74) is -0.284. The Balaban J connectivity index is 2.19. The topological polar surface area (TPSA) is 95.3 Å². The Kier molecular flexibility index (Phi) is 2.99. The average Bonchev–Trinajstić information content (AvgIpc) is 2.95. The minimum Gasteiger partial charge on any atom is -0.467 e. The number of likely N-dealkylation sites (tertiary alicyclic amines) is 1. The third kappa shape index (κ3) is 2.08. The van der Waals surface area contributed by atoms with Crippen LogP contribution in [-0.2, 0) is 9.53 Å². The summed E-state index contributed by atoms with van der Waals surface area (Å²) in [7, 11) is 1.29. The molecule has 2 rings (SSSR count). The van der Waals surface area contributed by atoms with Gasteiger partial charge in [0.25, 0.3) is 5.91 Å². The van der Waals surface area contributed by atoms with Crippen LogP contribution < -0.4 is 5.69 Å². The average molecular weight is 239 g/mol. The van der Waals surface area contributed by atoms with Crippen molar-refractivity contribution >= 4 is 11.9 Å². The molecule has 1 aliphatic heterocycles. The number of carbonyl (C=O) groups is 2.